The SMILES string of the molecule is CC(=O)[C@@]12O[C@@H]1CC1C3CC[C@H]4CCCCC4(C)C3CCC12C. The Balaban J connectivity index is 1.49. The molecule has 0 bridgehead atoms. The fourth-order valence-corrected chi connectivity index (χ4v) is 8.36. The average Bonchev–Trinajstić information content (AvgIpc) is 3.20. The zero-order chi connectivity index (χ0) is 16.0. The van der Waals surface area contributed by atoms with E-state index in [1.807, 2.05) is 0 Å². The Kier molecular flexibility index (Phi) is 2.87. The molecule has 4 aliphatic carbocycles. The van der Waals surface area contributed by atoms with Gasteiger partial charge in [0.2, 0.25) is 0 Å². The predicted octanol–water partition coefficient (Wildman–Crippen LogP) is 4.76. The van der Waals surface area contributed by atoms with Gasteiger partial charge in [0.15, 0.2) is 11.4 Å². The Morgan fingerprint density at radius 2 is 1.83 bits per heavy atom. The number of hydrogen-bond acceptors (Lipinski definition) is 2. The lowest BCUT2D eigenvalue weighted by molar-refractivity contribution is -0.146. The fraction of sp³-hybridized carbons (Fsp3) is 0.952. The van der Waals surface area contributed by atoms with Crippen molar-refractivity contribution >= 4 is 5.78 Å². The monoisotopic (exact) mass is 316 g/mol. The Bertz CT molecular complexity index is 556. The normalized spacial score (nSPS) is 60.2. The highest BCUT2D eigenvalue weighted by molar-refractivity contribution is 5.90. The van der Waals surface area contributed by atoms with Crippen LogP contribution < -0.4 is 0 Å². The third-order valence-corrected chi connectivity index (χ3v) is 9.54. The molecular formula is C21H32O2. The summed E-state index contributed by atoms with van der Waals surface area (Å²) in [5, 5.41) is 0. The summed E-state index contributed by atoms with van der Waals surface area (Å²) in [6.45, 7) is 6.81. The van der Waals surface area contributed by atoms with Gasteiger partial charge in [-0.3, -0.25) is 4.79 Å². The molecule has 23 heavy (non-hydrogen) atoms. The molecule has 2 heteroatoms. The first-order valence-electron chi connectivity index (χ1n) is 10.1. The number of ether oxygens (including phenoxy) is 1. The maximum Gasteiger partial charge on any atom is 0.164 e. The number of fused-ring (bicyclic) bond motifs is 7. The van der Waals surface area contributed by atoms with Crippen molar-refractivity contribution in [2.75, 3.05) is 0 Å². The minimum absolute atomic E-state index is 0.128. The number of hydrogen-bond donors (Lipinski definition) is 0. The highest BCUT2D eigenvalue weighted by atomic mass is 16.6. The van der Waals surface area contributed by atoms with Crippen LogP contribution in [0.15, 0.2) is 0 Å². The third-order valence-electron chi connectivity index (χ3n) is 9.54. The first-order chi connectivity index (χ1) is 10.9. The summed E-state index contributed by atoms with van der Waals surface area (Å²) in [6.07, 6.45) is 12.7. The molecule has 0 aromatic rings. The van der Waals surface area contributed by atoms with Gasteiger partial charge in [0.25, 0.3) is 0 Å². The molecular weight excluding hydrogens is 284 g/mol. The zero-order valence-electron chi connectivity index (χ0n) is 15.1. The predicted molar refractivity (Wildman–Crippen MR) is 90.0 cm³/mol. The van der Waals surface area contributed by atoms with Crippen LogP contribution in [0.4, 0.5) is 0 Å². The van der Waals surface area contributed by atoms with E-state index in [2.05, 4.69) is 13.8 Å². The number of ketones is 1. The van der Waals surface area contributed by atoms with E-state index in [9.17, 15) is 4.79 Å². The van der Waals surface area contributed by atoms with Gasteiger partial charge in [-0.15, -0.1) is 0 Å². The summed E-state index contributed by atoms with van der Waals surface area (Å²) >= 11 is 0. The number of carbonyl (C=O) groups is 1. The van der Waals surface area contributed by atoms with Crippen molar-refractivity contribution in [3.63, 3.8) is 0 Å². The number of carbonyl (C=O) groups excluding carboxylic acids is 1. The quantitative estimate of drug-likeness (QED) is 0.653. The van der Waals surface area contributed by atoms with Gasteiger partial charge in [0.05, 0.1) is 6.10 Å². The van der Waals surface area contributed by atoms with Crippen LogP contribution in [0, 0.1) is 34.5 Å². The number of Topliss-reactive ketones (excluding diaryl/α,β-unsaturated/α-hetero) is 1. The van der Waals surface area contributed by atoms with Gasteiger partial charge in [-0.1, -0.05) is 26.7 Å². The summed E-state index contributed by atoms with van der Waals surface area (Å²) in [5.41, 5.74) is 0.342. The van der Waals surface area contributed by atoms with Crippen LogP contribution in [0.3, 0.4) is 0 Å². The Labute approximate surface area is 140 Å². The second kappa shape index (κ2) is 4.42. The first kappa shape index (κ1) is 14.9. The lowest BCUT2D eigenvalue weighted by Gasteiger charge is -2.60. The highest BCUT2D eigenvalue weighted by Crippen LogP contribution is 2.73. The van der Waals surface area contributed by atoms with Crippen molar-refractivity contribution in [2.24, 2.45) is 34.5 Å². The smallest absolute Gasteiger partial charge is 0.164 e. The maximum atomic E-state index is 12.4. The van der Waals surface area contributed by atoms with Crippen LogP contribution in [-0.4, -0.2) is 17.5 Å². The van der Waals surface area contributed by atoms with Crippen LogP contribution >= 0.6 is 0 Å². The van der Waals surface area contributed by atoms with Gasteiger partial charge in [-0.25, -0.2) is 0 Å². The Morgan fingerprint density at radius 1 is 1.00 bits per heavy atom. The van der Waals surface area contributed by atoms with Crippen LogP contribution in [0.5, 0.6) is 0 Å². The van der Waals surface area contributed by atoms with Crippen LogP contribution in [0.2, 0.25) is 0 Å². The van der Waals surface area contributed by atoms with Gasteiger partial charge in [-0.2, -0.15) is 0 Å². The molecule has 1 aliphatic heterocycles. The van der Waals surface area contributed by atoms with Gasteiger partial charge in [0, 0.05) is 5.41 Å². The molecule has 4 saturated carbocycles. The van der Waals surface area contributed by atoms with E-state index in [4.69, 9.17) is 4.74 Å². The second-order valence-electron chi connectivity index (χ2n) is 9.99. The molecule has 8 atom stereocenters. The van der Waals surface area contributed by atoms with Crippen molar-refractivity contribution in [2.45, 2.75) is 90.3 Å². The minimum Gasteiger partial charge on any atom is -0.357 e. The van der Waals surface area contributed by atoms with Crippen LogP contribution in [0.1, 0.15) is 78.6 Å². The van der Waals surface area contributed by atoms with Crippen molar-refractivity contribution in [1.29, 1.82) is 0 Å². The molecule has 1 heterocycles. The molecule has 0 N–H and O–H groups in total. The summed E-state index contributed by atoms with van der Waals surface area (Å²) in [6, 6.07) is 0. The summed E-state index contributed by atoms with van der Waals surface area (Å²) in [4.78, 5) is 12.4. The third kappa shape index (κ3) is 1.58. The molecule has 5 aliphatic rings. The van der Waals surface area contributed by atoms with E-state index in [1.165, 1.54) is 51.4 Å². The van der Waals surface area contributed by atoms with E-state index in [0.717, 1.165) is 30.1 Å². The molecule has 5 rings (SSSR count). The second-order valence-corrected chi connectivity index (χ2v) is 9.99. The number of rotatable bonds is 1. The summed E-state index contributed by atoms with van der Waals surface area (Å²) < 4.78 is 6.04. The Hall–Kier alpha value is -0.370. The summed E-state index contributed by atoms with van der Waals surface area (Å²) in [5.74, 6) is 3.81. The van der Waals surface area contributed by atoms with Crippen molar-refractivity contribution in [3.8, 4) is 0 Å². The molecule has 0 amide bonds. The fourth-order valence-electron chi connectivity index (χ4n) is 8.36. The van der Waals surface area contributed by atoms with E-state index in [1.54, 1.807) is 6.92 Å². The maximum absolute atomic E-state index is 12.4. The highest BCUT2D eigenvalue weighted by Gasteiger charge is 2.79. The largest absolute Gasteiger partial charge is 0.357 e. The van der Waals surface area contributed by atoms with Crippen molar-refractivity contribution < 1.29 is 9.53 Å². The molecule has 2 nitrogen and oxygen atoms in total. The topological polar surface area (TPSA) is 29.6 Å². The van der Waals surface area contributed by atoms with Gasteiger partial charge < -0.3 is 4.74 Å². The van der Waals surface area contributed by atoms with E-state index in [-0.39, 0.29) is 17.1 Å². The summed E-state index contributed by atoms with van der Waals surface area (Å²) in [7, 11) is 0. The zero-order valence-corrected chi connectivity index (χ0v) is 15.1. The lowest BCUT2D eigenvalue weighted by atomic mass is 9.44. The van der Waals surface area contributed by atoms with E-state index < -0.39 is 0 Å². The molecule has 0 aromatic heterocycles. The van der Waals surface area contributed by atoms with Gasteiger partial charge in [-0.05, 0) is 81.0 Å². The van der Waals surface area contributed by atoms with Gasteiger partial charge >= 0.3 is 0 Å². The molecule has 0 spiro atoms. The van der Waals surface area contributed by atoms with Gasteiger partial charge in [0.1, 0.15) is 0 Å². The average molecular weight is 316 g/mol. The molecule has 128 valence electrons. The van der Waals surface area contributed by atoms with Crippen LogP contribution in [-0.2, 0) is 9.53 Å². The van der Waals surface area contributed by atoms with Crippen molar-refractivity contribution in [3.05, 3.63) is 0 Å². The molecule has 5 unspecified atom stereocenters. The standard InChI is InChI=1S/C21H32O2/c1-13(22)21-18(23-21)12-17-15-8-7-14-6-4-5-10-19(14,2)16(15)9-11-20(17,21)3/h14-18H,4-12H2,1-3H3/t14-,15?,16?,17?,18-,19?,20?,21-/m1/s1. The molecule has 1 saturated heterocycles. The Morgan fingerprint density at radius 3 is 2.61 bits per heavy atom. The van der Waals surface area contributed by atoms with E-state index in [0.29, 0.717) is 11.2 Å². The van der Waals surface area contributed by atoms with E-state index >= 15 is 0 Å². The first-order valence-corrected chi connectivity index (χ1v) is 10.1. The molecule has 0 radical (unpaired) electrons. The number of epoxide rings is 1. The van der Waals surface area contributed by atoms with Crippen LogP contribution in [0.25, 0.3) is 0 Å². The molecule has 5 fully saturated rings. The lowest BCUT2D eigenvalue weighted by Crippen LogP contribution is -2.55. The van der Waals surface area contributed by atoms with Crippen molar-refractivity contribution in [1.82, 2.24) is 0 Å². The molecule has 0 aromatic carbocycles. The minimum atomic E-state index is -0.382.